The molecule has 0 aromatic carbocycles. The van der Waals surface area contributed by atoms with Gasteiger partial charge in [-0.2, -0.15) is 0 Å². The second kappa shape index (κ2) is 55.3. The Morgan fingerprint density at radius 3 is 0.907 bits per heavy atom. The average Bonchev–Trinajstić information content (AvgIpc) is 3.39. The molecule has 0 heterocycles. The molecule has 0 aliphatic rings. The standard InChI is InChI=1S/C64H116N2O9/c1-5-8-11-14-17-20-23-26-29-32-35-38-41-44-47-50-61(70)73-56-64(65-59(67)53-54-66(4)55-60(68)69,57-74-62(71)51-48-45-42-39-36-33-30-27-24-21-18-15-12-9-6-2)58-75-63(72)52-49-46-43-40-37-34-31-28-25-22-19-16-13-10-7-3/h26-31H,5-25,32-58H2,1-4H3,(H,65,67)(H,68,69)/b29-26-,30-27-,31-28-. The molecule has 0 rings (SSSR count). The minimum absolute atomic E-state index is 0.0693. The summed E-state index contributed by atoms with van der Waals surface area (Å²) in [5.41, 5.74) is -1.53. The van der Waals surface area contributed by atoms with Gasteiger partial charge in [-0.15, -0.1) is 0 Å². The first-order valence-corrected chi connectivity index (χ1v) is 31.2. The molecule has 0 unspecified atom stereocenters. The largest absolute Gasteiger partial charge is 0.480 e. The Bertz CT molecular complexity index is 1310. The molecule has 2 N–H and O–H groups in total. The molecule has 75 heavy (non-hydrogen) atoms. The van der Waals surface area contributed by atoms with Gasteiger partial charge in [0.25, 0.3) is 0 Å². The van der Waals surface area contributed by atoms with Crippen LogP contribution in [0.25, 0.3) is 0 Å². The summed E-state index contributed by atoms with van der Waals surface area (Å²) in [7, 11) is 1.61. The van der Waals surface area contributed by atoms with E-state index in [-0.39, 0.29) is 58.6 Å². The van der Waals surface area contributed by atoms with E-state index in [9.17, 15) is 29.1 Å². The number of rotatable bonds is 57. The molecule has 0 aliphatic carbocycles. The number of carboxylic acids is 1. The number of nitrogens with one attached hydrogen (secondary N) is 1. The van der Waals surface area contributed by atoms with Crippen molar-refractivity contribution in [1.82, 2.24) is 10.2 Å². The van der Waals surface area contributed by atoms with Gasteiger partial charge in [-0.3, -0.25) is 28.9 Å². The summed E-state index contributed by atoms with van der Waals surface area (Å²) >= 11 is 0. The molecule has 1 amide bonds. The van der Waals surface area contributed by atoms with Gasteiger partial charge in [-0.05, 0) is 103 Å². The van der Waals surface area contributed by atoms with E-state index in [0.717, 1.165) is 116 Å². The van der Waals surface area contributed by atoms with Crippen molar-refractivity contribution in [2.45, 2.75) is 302 Å². The molecule has 0 saturated heterocycles. The van der Waals surface area contributed by atoms with E-state index in [1.165, 1.54) is 120 Å². The number of carboxylic acid groups (broad SMARTS) is 1. The lowest BCUT2D eigenvalue weighted by Crippen LogP contribution is -2.59. The van der Waals surface area contributed by atoms with Crippen molar-refractivity contribution in [3.63, 3.8) is 0 Å². The number of nitrogens with zero attached hydrogens (tertiary/aromatic N) is 1. The van der Waals surface area contributed by atoms with E-state index >= 15 is 0 Å². The normalized spacial score (nSPS) is 11.9. The number of carbonyl (C=O) groups excluding carboxylic acids is 4. The molecule has 0 aliphatic heterocycles. The topological polar surface area (TPSA) is 149 Å². The smallest absolute Gasteiger partial charge is 0.317 e. The fraction of sp³-hybridized carbons (Fsp3) is 0.828. The van der Waals surface area contributed by atoms with E-state index < -0.39 is 35.3 Å². The van der Waals surface area contributed by atoms with Gasteiger partial charge in [0.15, 0.2) is 0 Å². The summed E-state index contributed by atoms with van der Waals surface area (Å²) in [5, 5.41) is 12.2. The van der Waals surface area contributed by atoms with Crippen LogP contribution in [0.1, 0.15) is 297 Å². The van der Waals surface area contributed by atoms with Crippen LogP contribution < -0.4 is 5.32 Å². The molecule has 0 aromatic rings. The Morgan fingerprint density at radius 1 is 0.387 bits per heavy atom. The Balaban J connectivity index is 5.38. The number of allylic oxidation sites excluding steroid dienone is 6. The molecule has 0 spiro atoms. The van der Waals surface area contributed by atoms with Gasteiger partial charge >= 0.3 is 23.9 Å². The van der Waals surface area contributed by atoms with Crippen LogP contribution in [0.4, 0.5) is 0 Å². The van der Waals surface area contributed by atoms with Crippen molar-refractivity contribution in [1.29, 1.82) is 0 Å². The second-order valence-corrected chi connectivity index (χ2v) is 21.7. The van der Waals surface area contributed by atoms with Gasteiger partial charge in [0.2, 0.25) is 5.91 Å². The van der Waals surface area contributed by atoms with Crippen molar-refractivity contribution in [2.24, 2.45) is 0 Å². The van der Waals surface area contributed by atoms with Crippen LogP contribution in [0.2, 0.25) is 0 Å². The van der Waals surface area contributed by atoms with E-state index in [1.807, 2.05) is 0 Å². The van der Waals surface area contributed by atoms with Crippen LogP contribution in [0.15, 0.2) is 36.5 Å². The van der Waals surface area contributed by atoms with Crippen LogP contribution in [-0.2, 0) is 38.2 Å². The van der Waals surface area contributed by atoms with Crippen molar-refractivity contribution < 1.29 is 43.3 Å². The lowest BCUT2D eigenvalue weighted by Gasteiger charge is -2.33. The lowest BCUT2D eigenvalue weighted by molar-refractivity contribution is -0.159. The van der Waals surface area contributed by atoms with Crippen LogP contribution in [0.3, 0.4) is 0 Å². The molecular weight excluding hydrogens is 941 g/mol. The van der Waals surface area contributed by atoms with Crippen molar-refractivity contribution >= 4 is 29.8 Å². The Kier molecular flexibility index (Phi) is 52.7. The third-order valence-electron chi connectivity index (χ3n) is 14.0. The molecule has 0 atom stereocenters. The first kappa shape index (κ1) is 71.5. The van der Waals surface area contributed by atoms with Gasteiger partial charge in [0, 0.05) is 32.2 Å². The molecule has 436 valence electrons. The number of ether oxygens (including phenoxy) is 3. The summed E-state index contributed by atoms with van der Waals surface area (Å²) < 4.78 is 17.4. The highest BCUT2D eigenvalue weighted by atomic mass is 16.6. The Morgan fingerprint density at radius 2 is 0.640 bits per heavy atom. The monoisotopic (exact) mass is 1060 g/mol. The fourth-order valence-corrected chi connectivity index (χ4v) is 9.09. The SMILES string of the molecule is CCCCCCCC/C=C\CCCCCCCC(=O)OCC(COC(=O)CCCCCCC/C=C\CCCCCCCC)(COC(=O)CCCCCCC/C=C\CCCCCCCC)NC(=O)CCN(C)CC(=O)O. The number of hydrogen-bond donors (Lipinski definition) is 2. The van der Waals surface area contributed by atoms with E-state index in [0.29, 0.717) is 19.3 Å². The first-order chi connectivity index (χ1) is 36.6. The zero-order chi connectivity index (χ0) is 55.0. The predicted molar refractivity (Wildman–Crippen MR) is 312 cm³/mol. The predicted octanol–water partition coefficient (Wildman–Crippen LogP) is 17.0. The number of hydrogen-bond acceptors (Lipinski definition) is 9. The summed E-state index contributed by atoms with van der Waals surface area (Å²) in [6.45, 7) is 5.59. The molecule has 0 bridgehead atoms. The summed E-state index contributed by atoms with van der Waals surface area (Å²) in [6.07, 6.45) is 59.1. The maximum Gasteiger partial charge on any atom is 0.317 e. The van der Waals surface area contributed by atoms with Crippen molar-refractivity contribution in [2.75, 3.05) is 40.0 Å². The number of unbranched alkanes of at least 4 members (excludes halogenated alkanes) is 33. The van der Waals surface area contributed by atoms with Crippen LogP contribution in [0, 0.1) is 0 Å². The Labute approximate surface area is 460 Å². The van der Waals surface area contributed by atoms with E-state index in [4.69, 9.17) is 14.2 Å². The lowest BCUT2D eigenvalue weighted by atomic mass is 10.0. The van der Waals surface area contributed by atoms with Gasteiger partial charge in [-0.25, -0.2) is 0 Å². The van der Waals surface area contributed by atoms with Crippen molar-refractivity contribution in [3.8, 4) is 0 Å². The van der Waals surface area contributed by atoms with Gasteiger partial charge in [0.1, 0.15) is 25.4 Å². The molecule has 0 aromatic heterocycles. The van der Waals surface area contributed by atoms with Crippen LogP contribution >= 0.6 is 0 Å². The minimum atomic E-state index is -1.53. The average molecular weight is 1060 g/mol. The highest BCUT2D eigenvalue weighted by Crippen LogP contribution is 2.17. The minimum Gasteiger partial charge on any atom is -0.480 e. The zero-order valence-electron chi connectivity index (χ0n) is 49.1. The van der Waals surface area contributed by atoms with Gasteiger partial charge in [-0.1, -0.05) is 211 Å². The molecule has 0 saturated carbocycles. The maximum atomic E-state index is 13.6. The molecule has 0 radical (unpaired) electrons. The van der Waals surface area contributed by atoms with Gasteiger partial charge in [0.05, 0.1) is 6.54 Å². The third kappa shape index (κ3) is 52.4. The summed E-state index contributed by atoms with van der Waals surface area (Å²) in [4.78, 5) is 66.0. The van der Waals surface area contributed by atoms with E-state index in [2.05, 4.69) is 62.5 Å². The molecular formula is C64H116N2O9. The molecule has 11 heteroatoms. The number of amides is 1. The number of likely N-dealkylation sites (N-methyl/N-ethyl adjacent to an activating group) is 1. The summed E-state index contributed by atoms with van der Waals surface area (Å²) in [6, 6.07) is 0. The quantitative estimate of drug-likeness (QED) is 0.0261. The fourth-order valence-electron chi connectivity index (χ4n) is 9.09. The van der Waals surface area contributed by atoms with E-state index in [1.54, 1.807) is 7.05 Å². The van der Waals surface area contributed by atoms with Crippen LogP contribution in [0.5, 0.6) is 0 Å². The molecule has 11 nitrogen and oxygen atoms in total. The highest BCUT2D eigenvalue weighted by molar-refractivity contribution is 5.78. The zero-order valence-corrected chi connectivity index (χ0v) is 49.1. The summed E-state index contributed by atoms with van der Waals surface area (Å²) in [5.74, 6) is -2.80. The molecule has 0 fully saturated rings. The third-order valence-corrected chi connectivity index (χ3v) is 14.0. The first-order valence-electron chi connectivity index (χ1n) is 31.2. The van der Waals surface area contributed by atoms with Crippen molar-refractivity contribution in [3.05, 3.63) is 36.5 Å². The Hall–Kier alpha value is -3.47. The highest BCUT2D eigenvalue weighted by Gasteiger charge is 2.37. The second-order valence-electron chi connectivity index (χ2n) is 21.7. The number of esters is 3. The maximum absolute atomic E-state index is 13.6. The number of carbonyl (C=O) groups is 5. The number of aliphatic carboxylic acids is 1. The van der Waals surface area contributed by atoms with Crippen LogP contribution in [-0.4, -0.2) is 85.3 Å². The van der Waals surface area contributed by atoms with Gasteiger partial charge < -0.3 is 24.6 Å².